The van der Waals surface area contributed by atoms with Crippen molar-refractivity contribution < 1.29 is 0 Å². The molecule has 136 valence electrons. The number of anilines is 1. The van der Waals surface area contributed by atoms with Gasteiger partial charge < -0.3 is 9.80 Å². The normalized spacial score (nSPS) is 18.6. The molecule has 0 spiro atoms. The minimum absolute atomic E-state index is 0.794. The molecule has 4 rings (SSSR count). The summed E-state index contributed by atoms with van der Waals surface area (Å²) in [5.74, 6) is 1.90. The number of piperazine rings is 1. The number of hydrogen-bond acceptors (Lipinski definition) is 6. The first-order valence-corrected chi connectivity index (χ1v) is 9.31. The Kier molecular flexibility index (Phi) is 4.95. The van der Waals surface area contributed by atoms with E-state index < -0.39 is 0 Å². The van der Waals surface area contributed by atoms with E-state index in [-0.39, 0.29) is 0 Å². The monoisotopic (exact) mass is 350 g/mol. The molecule has 2 aromatic heterocycles. The molecule has 1 saturated heterocycles. The third-order valence-corrected chi connectivity index (χ3v) is 5.23. The van der Waals surface area contributed by atoms with Crippen molar-refractivity contribution in [3.8, 4) is 11.4 Å². The number of rotatable bonds is 4. The largest absolute Gasteiger partial charge is 0.354 e. The van der Waals surface area contributed by atoms with Gasteiger partial charge in [-0.05, 0) is 19.2 Å². The molecule has 0 aromatic carbocycles. The van der Waals surface area contributed by atoms with Crippen LogP contribution in [0, 0.1) is 0 Å². The van der Waals surface area contributed by atoms with Gasteiger partial charge in [-0.3, -0.25) is 9.88 Å². The summed E-state index contributed by atoms with van der Waals surface area (Å²) in [6.07, 6.45) is 6.57. The smallest absolute Gasteiger partial charge is 0.163 e. The van der Waals surface area contributed by atoms with Crippen molar-refractivity contribution >= 4 is 5.82 Å². The van der Waals surface area contributed by atoms with Crippen molar-refractivity contribution in [2.45, 2.75) is 13.0 Å². The van der Waals surface area contributed by atoms with Crippen molar-refractivity contribution in [1.29, 1.82) is 0 Å². The van der Waals surface area contributed by atoms with Gasteiger partial charge in [-0.2, -0.15) is 0 Å². The quantitative estimate of drug-likeness (QED) is 0.784. The number of aromatic nitrogens is 3. The van der Waals surface area contributed by atoms with Crippen LogP contribution in [0.1, 0.15) is 11.3 Å². The van der Waals surface area contributed by atoms with E-state index in [9.17, 15) is 0 Å². The Morgan fingerprint density at radius 1 is 1.15 bits per heavy atom. The number of pyridine rings is 1. The van der Waals surface area contributed by atoms with Gasteiger partial charge in [0.2, 0.25) is 0 Å². The Labute approximate surface area is 155 Å². The summed E-state index contributed by atoms with van der Waals surface area (Å²) in [5.41, 5.74) is 3.46. The molecule has 0 amide bonds. The molecule has 6 nitrogen and oxygen atoms in total. The summed E-state index contributed by atoms with van der Waals surface area (Å²) in [6.45, 7) is 10.9. The van der Waals surface area contributed by atoms with Gasteiger partial charge in [0, 0.05) is 75.8 Å². The second-order valence-electron chi connectivity index (χ2n) is 7.10. The van der Waals surface area contributed by atoms with Crippen LogP contribution < -0.4 is 4.90 Å². The molecule has 0 saturated carbocycles. The van der Waals surface area contributed by atoms with Crippen LogP contribution in [0.15, 0.2) is 37.2 Å². The van der Waals surface area contributed by atoms with E-state index in [0.29, 0.717) is 0 Å². The Hall–Kier alpha value is -2.31. The number of likely N-dealkylation sites (N-methyl/N-ethyl adjacent to an activating group) is 1. The van der Waals surface area contributed by atoms with Crippen molar-refractivity contribution in [1.82, 2.24) is 24.8 Å². The molecular weight excluding hydrogens is 324 g/mol. The van der Waals surface area contributed by atoms with Crippen LogP contribution in [0.5, 0.6) is 0 Å². The van der Waals surface area contributed by atoms with Crippen LogP contribution in [-0.2, 0) is 13.0 Å². The molecule has 2 aliphatic rings. The zero-order valence-electron chi connectivity index (χ0n) is 15.4. The second-order valence-corrected chi connectivity index (χ2v) is 7.10. The molecule has 0 bridgehead atoms. The summed E-state index contributed by atoms with van der Waals surface area (Å²) in [6, 6.07) is 3.98. The van der Waals surface area contributed by atoms with Crippen molar-refractivity contribution in [3.05, 3.63) is 48.4 Å². The zero-order chi connectivity index (χ0) is 17.9. The fourth-order valence-electron chi connectivity index (χ4n) is 3.69. The van der Waals surface area contributed by atoms with Gasteiger partial charge in [0.1, 0.15) is 5.82 Å². The Morgan fingerprint density at radius 3 is 2.73 bits per heavy atom. The highest BCUT2D eigenvalue weighted by Gasteiger charge is 2.26. The zero-order valence-corrected chi connectivity index (χ0v) is 15.4. The van der Waals surface area contributed by atoms with Gasteiger partial charge in [0.15, 0.2) is 5.82 Å². The summed E-state index contributed by atoms with van der Waals surface area (Å²) < 4.78 is 0. The SMILES string of the molecule is C=CCN1CCc2nc(-c3cccnc3)nc(N3CCN(C)CC3)c2C1. The Bertz CT molecular complexity index is 767. The predicted molar refractivity (Wildman–Crippen MR) is 104 cm³/mol. The molecule has 0 atom stereocenters. The molecule has 2 aliphatic heterocycles. The highest BCUT2D eigenvalue weighted by molar-refractivity contribution is 5.60. The maximum absolute atomic E-state index is 5.00. The van der Waals surface area contributed by atoms with Gasteiger partial charge >= 0.3 is 0 Å². The van der Waals surface area contributed by atoms with Gasteiger partial charge in [0.05, 0.1) is 5.69 Å². The van der Waals surface area contributed by atoms with Crippen LogP contribution >= 0.6 is 0 Å². The van der Waals surface area contributed by atoms with Crippen LogP contribution in [-0.4, -0.2) is 71.1 Å². The maximum atomic E-state index is 5.00. The van der Waals surface area contributed by atoms with E-state index in [1.807, 2.05) is 24.4 Å². The summed E-state index contributed by atoms with van der Waals surface area (Å²) in [5, 5.41) is 0. The van der Waals surface area contributed by atoms with Gasteiger partial charge in [-0.15, -0.1) is 6.58 Å². The molecule has 2 aromatic rings. The molecule has 1 fully saturated rings. The first-order chi connectivity index (χ1) is 12.7. The van der Waals surface area contributed by atoms with Crippen LogP contribution in [0.3, 0.4) is 0 Å². The highest BCUT2D eigenvalue weighted by Crippen LogP contribution is 2.30. The lowest BCUT2D eigenvalue weighted by atomic mass is 10.0. The minimum Gasteiger partial charge on any atom is -0.354 e. The molecule has 0 unspecified atom stereocenters. The highest BCUT2D eigenvalue weighted by atomic mass is 15.3. The molecule has 0 radical (unpaired) electrons. The lowest BCUT2D eigenvalue weighted by Gasteiger charge is -2.36. The number of hydrogen-bond donors (Lipinski definition) is 0. The molecule has 4 heterocycles. The molecule has 6 heteroatoms. The van der Waals surface area contributed by atoms with Crippen LogP contribution in [0.2, 0.25) is 0 Å². The van der Waals surface area contributed by atoms with Gasteiger partial charge in [-0.25, -0.2) is 9.97 Å². The molecular formula is C20H26N6. The van der Waals surface area contributed by atoms with E-state index in [1.54, 1.807) is 6.20 Å². The van der Waals surface area contributed by atoms with Crippen molar-refractivity contribution in [3.63, 3.8) is 0 Å². The average molecular weight is 350 g/mol. The number of nitrogens with zero attached hydrogens (tertiary/aromatic N) is 6. The van der Waals surface area contributed by atoms with Crippen molar-refractivity contribution in [2.75, 3.05) is 51.2 Å². The van der Waals surface area contributed by atoms with E-state index in [1.165, 1.54) is 11.3 Å². The Morgan fingerprint density at radius 2 is 2.00 bits per heavy atom. The van der Waals surface area contributed by atoms with Crippen LogP contribution in [0.25, 0.3) is 11.4 Å². The van der Waals surface area contributed by atoms with Gasteiger partial charge in [-0.1, -0.05) is 6.08 Å². The maximum Gasteiger partial charge on any atom is 0.163 e. The van der Waals surface area contributed by atoms with E-state index in [4.69, 9.17) is 9.97 Å². The van der Waals surface area contributed by atoms with E-state index in [0.717, 1.165) is 69.4 Å². The molecule has 26 heavy (non-hydrogen) atoms. The Balaban J connectivity index is 1.74. The second kappa shape index (κ2) is 7.51. The lowest BCUT2D eigenvalue weighted by Crippen LogP contribution is -2.46. The average Bonchev–Trinajstić information content (AvgIpc) is 2.69. The third kappa shape index (κ3) is 3.48. The summed E-state index contributed by atoms with van der Waals surface area (Å²) >= 11 is 0. The first-order valence-electron chi connectivity index (χ1n) is 9.31. The lowest BCUT2D eigenvalue weighted by molar-refractivity contribution is 0.277. The fourth-order valence-corrected chi connectivity index (χ4v) is 3.69. The summed E-state index contributed by atoms with van der Waals surface area (Å²) in [7, 11) is 2.18. The standard InChI is InChI=1S/C20H26N6/c1-3-8-25-9-6-18-17(15-25)20(26-12-10-24(2)11-13-26)23-19(22-18)16-5-4-7-21-14-16/h3-5,7,14H,1,6,8-13,15H2,2H3. The minimum atomic E-state index is 0.794. The predicted octanol–water partition coefficient (Wildman–Crippen LogP) is 1.83. The molecule has 0 aliphatic carbocycles. The topological polar surface area (TPSA) is 48.4 Å². The number of fused-ring (bicyclic) bond motifs is 1. The third-order valence-electron chi connectivity index (χ3n) is 5.23. The summed E-state index contributed by atoms with van der Waals surface area (Å²) in [4.78, 5) is 21.4. The fraction of sp³-hybridized carbons (Fsp3) is 0.450. The van der Waals surface area contributed by atoms with Crippen LogP contribution in [0.4, 0.5) is 5.82 Å². The first kappa shape index (κ1) is 17.1. The van der Waals surface area contributed by atoms with E-state index in [2.05, 4.69) is 33.3 Å². The van der Waals surface area contributed by atoms with E-state index >= 15 is 0 Å². The molecule has 0 N–H and O–H groups in total. The van der Waals surface area contributed by atoms with Gasteiger partial charge in [0.25, 0.3) is 0 Å². The van der Waals surface area contributed by atoms with Crippen molar-refractivity contribution in [2.24, 2.45) is 0 Å².